The molecule has 3 heterocycles. The summed E-state index contributed by atoms with van der Waals surface area (Å²) >= 11 is 1.74. The number of carboxylic acids is 1. The van der Waals surface area contributed by atoms with Crippen molar-refractivity contribution in [2.24, 2.45) is 0 Å². The number of aryl methyl sites for hydroxylation is 1. The number of anilines is 1. The first kappa shape index (κ1) is 31.0. The molecule has 0 fully saturated rings. The largest absolute Gasteiger partial charge is 0.494 e. The van der Waals surface area contributed by atoms with Crippen LogP contribution in [-0.4, -0.2) is 49.4 Å². The molecule has 2 aromatic rings. The first-order valence-corrected chi connectivity index (χ1v) is 17.5. The molecule has 0 saturated carbocycles. The van der Waals surface area contributed by atoms with Crippen LogP contribution in [0.1, 0.15) is 69.9 Å². The van der Waals surface area contributed by atoms with Crippen molar-refractivity contribution in [2.75, 3.05) is 18.1 Å². The van der Waals surface area contributed by atoms with Crippen molar-refractivity contribution >= 4 is 33.5 Å². The Morgan fingerprint density at radius 1 is 1.14 bits per heavy atom. The van der Waals surface area contributed by atoms with E-state index in [-0.39, 0.29) is 23.5 Å². The van der Waals surface area contributed by atoms with Gasteiger partial charge >= 0.3 is 5.97 Å². The van der Waals surface area contributed by atoms with E-state index in [1.54, 1.807) is 17.8 Å². The highest BCUT2D eigenvalue weighted by Gasteiger charge is 2.42. The molecule has 2 aromatic carbocycles. The average Bonchev–Trinajstić information content (AvgIpc) is 3.36. The van der Waals surface area contributed by atoms with Crippen molar-refractivity contribution in [1.82, 2.24) is 0 Å². The number of rotatable bonds is 8. The summed E-state index contributed by atoms with van der Waals surface area (Å²) in [5, 5.41) is 9.98. The normalized spacial score (nSPS) is 22.4. The molecule has 10 heteroatoms. The van der Waals surface area contributed by atoms with Crippen LogP contribution in [0, 0.1) is 0 Å². The molecule has 0 radical (unpaired) electrons. The molecule has 6 rings (SSSR count). The van der Waals surface area contributed by atoms with E-state index in [4.69, 9.17) is 14.6 Å². The highest BCUT2D eigenvalue weighted by molar-refractivity contribution is 8.03. The summed E-state index contributed by atoms with van der Waals surface area (Å²) in [6.07, 6.45) is 8.03. The number of aliphatic carboxylic acids is 1. The molecule has 0 saturated heterocycles. The van der Waals surface area contributed by atoms with Gasteiger partial charge in [0, 0.05) is 34.9 Å². The number of benzene rings is 2. The molecule has 1 aliphatic carbocycles. The lowest BCUT2D eigenvalue weighted by Gasteiger charge is -2.41. The summed E-state index contributed by atoms with van der Waals surface area (Å²) in [6, 6.07) is 11.1. The lowest BCUT2D eigenvalue weighted by molar-refractivity contribution is -0.137. The second kappa shape index (κ2) is 12.0. The molecule has 2 N–H and O–H groups in total. The zero-order chi connectivity index (χ0) is 31.2. The number of unbranched alkanes of at least 4 members (excludes halogenated alkanes) is 2. The summed E-state index contributed by atoms with van der Waals surface area (Å²) in [5.74, 6) is 0.0477. The average molecular weight is 638 g/mol. The van der Waals surface area contributed by atoms with E-state index in [9.17, 15) is 17.8 Å². The molecule has 2 unspecified atom stereocenters. The van der Waals surface area contributed by atoms with Gasteiger partial charge < -0.3 is 19.5 Å². The monoisotopic (exact) mass is 637 g/mol. The fraction of sp³-hybridized carbons (Fsp3) is 0.441. The maximum atomic E-state index is 12.0. The summed E-state index contributed by atoms with van der Waals surface area (Å²) in [6.45, 7) is 10.1. The molecule has 4 aliphatic rings. The zero-order valence-corrected chi connectivity index (χ0v) is 26.8. The second-order valence-corrected chi connectivity index (χ2v) is 14.9. The van der Waals surface area contributed by atoms with Crippen LogP contribution < -0.4 is 9.64 Å². The van der Waals surface area contributed by atoms with E-state index in [2.05, 4.69) is 43.5 Å². The van der Waals surface area contributed by atoms with E-state index in [1.807, 2.05) is 12.1 Å². The van der Waals surface area contributed by atoms with Gasteiger partial charge in [-0.05, 0) is 97.6 Å². The predicted octanol–water partition coefficient (Wildman–Crippen LogP) is 7.05. The molecule has 234 valence electrons. The Bertz CT molecular complexity index is 1670. The van der Waals surface area contributed by atoms with Gasteiger partial charge in [-0.25, -0.2) is 0 Å². The lowest BCUT2D eigenvalue weighted by Crippen LogP contribution is -2.40. The van der Waals surface area contributed by atoms with Crippen LogP contribution in [0.3, 0.4) is 0 Å². The molecule has 0 bridgehead atoms. The number of carboxylic acid groups (broad SMARTS) is 1. The third-order valence-electron chi connectivity index (χ3n) is 9.24. The number of fused-ring (bicyclic) bond motifs is 6. The first-order valence-electron chi connectivity index (χ1n) is 15.3. The minimum Gasteiger partial charge on any atom is -0.494 e. The maximum absolute atomic E-state index is 12.0. The molecular weight excluding hydrogens is 599 g/mol. The number of carbonyl (C=O) groups is 1. The van der Waals surface area contributed by atoms with Gasteiger partial charge in [-0.1, -0.05) is 38.3 Å². The smallest absolute Gasteiger partial charge is 0.303 e. The van der Waals surface area contributed by atoms with E-state index >= 15 is 0 Å². The molecule has 44 heavy (non-hydrogen) atoms. The van der Waals surface area contributed by atoms with Gasteiger partial charge in [0.15, 0.2) is 0 Å². The summed E-state index contributed by atoms with van der Waals surface area (Å²) in [5.41, 5.74) is 5.54. The van der Waals surface area contributed by atoms with Crippen molar-refractivity contribution in [2.45, 2.75) is 92.6 Å². The first-order chi connectivity index (χ1) is 20.9. The van der Waals surface area contributed by atoms with E-state index < -0.39 is 21.5 Å². The number of hydrogen-bond donors (Lipinski definition) is 2. The Morgan fingerprint density at radius 3 is 2.73 bits per heavy atom. The Labute approximate surface area is 263 Å². The van der Waals surface area contributed by atoms with Crippen molar-refractivity contribution in [3.8, 4) is 5.75 Å². The number of hydrogen-bond acceptors (Lipinski definition) is 7. The summed E-state index contributed by atoms with van der Waals surface area (Å²) in [4.78, 5) is 14.1. The Balaban J connectivity index is 1.28. The highest BCUT2D eigenvalue weighted by Crippen LogP contribution is 2.53. The van der Waals surface area contributed by atoms with Crippen LogP contribution in [0.4, 0.5) is 5.69 Å². The van der Waals surface area contributed by atoms with Gasteiger partial charge in [0.2, 0.25) is 0 Å². The minimum atomic E-state index is -4.34. The predicted molar refractivity (Wildman–Crippen MR) is 171 cm³/mol. The minimum absolute atomic E-state index is 0.0106. The SMILES string of the molecule is C=C1C2=CC3=C4Sc5ccc(OCCCCCC(=O)O)cc5N4CCC3OC2CCCc2ccc(S(=O)(=O)O)cc2C1(C)C. The van der Waals surface area contributed by atoms with Crippen LogP contribution >= 0.6 is 11.8 Å². The maximum Gasteiger partial charge on any atom is 0.303 e. The summed E-state index contributed by atoms with van der Waals surface area (Å²) < 4.78 is 46.7. The van der Waals surface area contributed by atoms with Crippen molar-refractivity contribution in [3.63, 3.8) is 0 Å². The van der Waals surface area contributed by atoms with Gasteiger partial charge in [0.05, 0.1) is 34.4 Å². The van der Waals surface area contributed by atoms with E-state index in [0.717, 1.165) is 89.4 Å². The van der Waals surface area contributed by atoms with Crippen molar-refractivity contribution in [1.29, 1.82) is 0 Å². The topological polar surface area (TPSA) is 113 Å². The zero-order valence-electron chi connectivity index (χ0n) is 25.2. The van der Waals surface area contributed by atoms with Gasteiger partial charge in [-0.2, -0.15) is 8.42 Å². The van der Waals surface area contributed by atoms with Gasteiger partial charge in [-0.15, -0.1) is 0 Å². The summed E-state index contributed by atoms with van der Waals surface area (Å²) in [7, 11) is -4.34. The molecule has 2 atom stereocenters. The van der Waals surface area contributed by atoms with E-state index in [1.165, 1.54) is 11.0 Å². The van der Waals surface area contributed by atoms with E-state index in [0.29, 0.717) is 13.0 Å². The van der Waals surface area contributed by atoms with Crippen molar-refractivity contribution in [3.05, 3.63) is 81.9 Å². The van der Waals surface area contributed by atoms with Gasteiger partial charge in [0.1, 0.15) is 5.75 Å². The van der Waals surface area contributed by atoms with Crippen LogP contribution in [0.2, 0.25) is 0 Å². The Kier molecular flexibility index (Phi) is 8.47. The van der Waals surface area contributed by atoms with Gasteiger partial charge in [-0.3, -0.25) is 9.35 Å². The van der Waals surface area contributed by atoms with Crippen LogP contribution in [0.25, 0.3) is 0 Å². The molecular formula is C34H39NO7S2. The quantitative estimate of drug-likeness (QED) is 0.232. The Hall–Kier alpha value is -3.05. The Morgan fingerprint density at radius 2 is 1.95 bits per heavy atom. The highest BCUT2D eigenvalue weighted by atomic mass is 32.2. The third kappa shape index (κ3) is 5.97. The van der Waals surface area contributed by atoms with Crippen LogP contribution in [0.15, 0.2) is 80.6 Å². The van der Waals surface area contributed by atoms with Gasteiger partial charge in [0.25, 0.3) is 10.1 Å². The standard InChI is InChI=1S/C34H39NO7S2/c1-21-25-20-26-30(42-29(25)9-7-8-22-11-13-24(44(38,39)40)19-27(22)34(21,2)3)15-16-35-28-18-23(12-14-31(28)43-33(26)35)41-17-6-4-5-10-32(36)37/h11-14,18-20,29-30H,1,4-10,15-17H2,2-3H3,(H,36,37)(H,38,39,40). The number of thioether (sulfide) groups is 1. The number of nitrogens with zero attached hydrogens (tertiary/aromatic N) is 1. The second-order valence-electron chi connectivity index (χ2n) is 12.5. The van der Waals surface area contributed by atoms with Crippen LogP contribution in [-0.2, 0) is 31.5 Å². The fourth-order valence-electron chi connectivity index (χ4n) is 6.72. The lowest BCUT2D eigenvalue weighted by atomic mass is 9.72. The fourth-order valence-corrected chi connectivity index (χ4v) is 8.46. The number of ether oxygens (including phenoxy) is 2. The molecule has 0 aromatic heterocycles. The van der Waals surface area contributed by atoms with Crippen molar-refractivity contribution < 1.29 is 32.3 Å². The molecule has 0 spiro atoms. The molecule has 3 aliphatic heterocycles. The van der Waals surface area contributed by atoms with Crippen LogP contribution in [0.5, 0.6) is 5.75 Å². The molecule has 0 amide bonds. The third-order valence-corrected chi connectivity index (χ3v) is 11.3. The molecule has 8 nitrogen and oxygen atoms in total.